The highest BCUT2D eigenvalue weighted by Gasteiger charge is 2.12. The maximum atomic E-state index is 6.01. The zero-order valence-corrected chi connectivity index (χ0v) is 16.3. The van der Waals surface area contributed by atoms with Gasteiger partial charge in [-0.05, 0) is 49.9 Å². The van der Waals surface area contributed by atoms with Crippen molar-refractivity contribution >= 4 is 27.5 Å². The summed E-state index contributed by atoms with van der Waals surface area (Å²) in [6, 6.07) is 9.49. The lowest BCUT2D eigenvalue weighted by Crippen LogP contribution is -2.13. The van der Waals surface area contributed by atoms with Crippen LogP contribution < -0.4 is 19.5 Å². The predicted octanol–water partition coefficient (Wildman–Crippen LogP) is 4.60. The molecular weight excluding hydrogens is 394 g/mol. The number of benzene rings is 2. The number of ether oxygens (including phenoxy) is 3. The minimum atomic E-state index is 0.413. The van der Waals surface area contributed by atoms with E-state index < -0.39 is 0 Å². The van der Waals surface area contributed by atoms with Gasteiger partial charge in [-0.15, -0.1) is 0 Å². The highest BCUT2D eigenvalue weighted by Crippen LogP contribution is 2.35. The summed E-state index contributed by atoms with van der Waals surface area (Å²) < 4.78 is 18.0. The van der Waals surface area contributed by atoms with Crippen LogP contribution in [0.25, 0.3) is 0 Å². The van der Waals surface area contributed by atoms with Crippen molar-refractivity contribution in [3.05, 3.63) is 51.0 Å². The molecule has 0 radical (unpaired) electrons. The van der Waals surface area contributed by atoms with Crippen molar-refractivity contribution in [1.29, 1.82) is 0 Å². The molecule has 0 aliphatic rings. The minimum absolute atomic E-state index is 0.413. The third-order valence-corrected chi connectivity index (χ3v) is 4.29. The van der Waals surface area contributed by atoms with Crippen molar-refractivity contribution in [3.8, 4) is 17.2 Å². The molecule has 0 amide bonds. The van der Waals surface area contributed by atoms with Crippen LogP contribution in [0.2, 0.25) is 5.02 Å². The molecule has 0 aromatic heterocycles. The van der Waals surface area contributed by atoms with Crippen molar-refractivity contribution < 1.29 is 14.2 Å². The van der Waals surface area contributed by atoms with E-state index in [1.165, 1.54) is 0 Å². The van der Waals surface area contributed by atoms with E-state index in [9.17, 15) is 0 Å². The zero-order valence-electron chi connectivity index (χ0n) is 14.0. The number of halogens is 2. The second-order valence-electron chi connectivity index (χ2n) is 5.23. The molecule has 0 aliphatic heterocycles. The molecule has 0 unspecified atom stereocenters. The maximum Gasteiger partial charge on any atom is 0.165 e. The second-order valence-corrected chi connectivity index (χ2v) is 6.56. The molecule has 130 valence electrons. The molecule has 0 fully saturated rings. The number of methoxy groups -OCH3 is 1. The van der Waals surface area contributed by atoms with E-state index in [-0.39, 0.29) is 0 Å². The summed E-state index contributed by atoms with van der Waals surface area (Å²) in [6.07, 6.45) is 0. The third-order valence-electron chi connectivity index (χ3n) is 3.41. The molecule has 0 spiro atoms. The lowest BCUT2D eigenvalue weighted by Gasteiger charge is -2.16. The van der Waals surface area contributed by atoms with Crippen molar-refractivity contribution in [1.82, 2.24) is 5.32 Å². The molecule has 0 heterocycles. The van der Waals surface area contributed by atoms with Crippen molar-refractivity contribution in [2.75, 3.05) is 27.4 Å². The Morgan fingerprint density at radius 1 is 1.12 bits per heavy atom. The van der Waals surface area contributed by atoms with Gasteiger partial charge in [0.2, 0.25) is 0 Å². The number of aryl methyl sites for hydroxylation is 1. The Hall–Kier alpha value is -1.43. The van der Waals surface area contributed by atoms with Gasteiger partial charge in [-0.25, -0.2) is 0 Å². The van der Waals surface area contributed by atoms with Gasteiger partial charge in [-0.1, -0.05) is 27.5 Å². The third kappa shape index (κ3) is 5.03. The standard InChI is InChI=1S/C18H21BrClNO3/c1-12-8-15(4-5-16(12)20)23-6-7-24-18-13(11-21-2)9-14(19)10-17(18)22-3/h4-5,8-10,21H,6-7,11H2,1-3H3. The molecule has 0 saturated carbocycles. The summed E-state index contributed by atoms with van der Waals surface area (Å²) in [7, 11) is 3.52. The fraction of sp³-hybridized carbons (Fsp3) is 0.333. The van der Waals surface area contributed by atoms with Crippen molar-refractivity contribution in [2.24, 2.45) is 0 Å². The number of nitrogens with one attached hydrogen (secondary N) is 1. The lowest BCUT2D eigenvalue weighted by molar-refractivity contribution is 0.209. The van der Waals surface area contributed by atoms with Gasteiger partial charge in [0.15, 0.2) is 11.5 Å². The Bertz CT molecular complexity index is 694. The van der Waals surface area contributed by atoms with Gasteiger partial charge in [-0.3, -0.25) is 0 Å². The molecule has 0 bridgehead atoms. The summed E-state index contributed by atoms with van der Waals surface area (Å²) in [5, 5.41) is 3.86. The summed E-state index contributed by atoms with van der Waals surface area (Å²) in [5.74, 6) is 2.20. The molecule has 24 heavy (non-hydrogen) atoms. The molecular formula is C18H21BrClNO3. The summed E-state index contributed by atoms with van der Waals surface area (Å²) in [6.45, 7) is 3.47. The van der Waals surface area contributed by atoms with Gasteiger partial charge < -0.3 is 19.5 Å². The number of hydrogen-bond acceptors (Lipinski definition) is 4. The van der Waals surface area contributed by atoms with Gasteiger partial charge in [0.05, 0.1) is 7.11 Å². The molecule has 0 atom stereocenters. The first-order valence-electron chi connectivity index (χ1n) is 7.58. The van der Waals surface area contributed by atoms with Gasteiger partial charge in [0, 0.05) is 21.6 Å². The fourth-order valence-corrected chi connectivity index (χ4v) is 2.87. The van der Waals surface area contributed by atoms with Crippen LogP contribution in [0.4, 0.5) is 0 Å². The lowest BCUT2D eigenvalue weighted by atomic mass is 10.2. The average molecular weight is 415 g/mol. The molecule has 4 nitrogen and oxygen atoms in total. The monoisotopic (exact) mass is 413 g/mol. The highest BCUT2D eigenvalue weighted by atomic mass is 79.9. The van der Waals surface area contributed by atoms with E-state index in [2.05, 4.69) is 21.2 Å². The quantitative estimate of drug-likeness (QED) is 0.641. The van der Waals surface area contributed by atoms with Crippen LogP contribution in [-0.2, 0) is 6.54 Å². The van der Waals surface area contributed by atoms with Crippen LogP contribution in [-0.4, -0.2) is 27.4 Å². The maximum absolute atomic E-state index is 6.01. The zero-order chi connectivity index (χ0) is 17.5. The molecule has 0 saturated heterocycles. The van der Waals surface area contributed by atoms with Crippen LogP contribution >= 0.6 is 27.5 Å². The van der Waals surface area contributed by atoms with Crippen LogP contribution in [0, 0.1) is 6.92 Å². The molecule has 0 aliphatic carbocycles. The average Bonchev–Trinajstić information content (AvgIpc) is 2.56. The van der Waals surface area contributed by atoms with Gasteiger partial charge >= 0.3 is 0 Å². The summed E-state index contributed by atoms with van der Waals surface area (Å²) in [4.78, 5) is 0. The summed E-state index contributed by atoms with van der Waals surface area (Å²) in [5.41, 5.74) is 2.01. The highest BCUT2D eigenvalue weighted by molar-refractivity contribution is 9.10. The van der Waals surface area contributed by atoms with E-state index in [4.69, 9.17) is 25.8 Å². The molecule has 2 rings (SSSR count). The van der Waals surface area contributed by atoms with Gasteiger partial charge in [0.1, 0.15) is 19.0 Å². The minimum Gasteiger partial charge on any atom is -0.493 e. The smallest absolute Gasteiger partial charge is 0.165 e. The van der Waals surface area contributed by atoms with Crippen LogP contribution in [0.3, 0.4) is 0 Å². The molecule has 1 N–H and O–H groups in total. The second kappa shape index (κ2) is 9.16. The Kier molecular flexibility index (Phi) is 7.21. The fourth-order valence-electron chi connectivity index (χ4n) is 2.27. The van der Waals surface area contributed by atoms with Crippen LogP contribution in [0.1, 0.15) is 11.1 Å². The van der Waals surface area contributed by atoms with E-state index in [0.29, 0.717) is 25.5 Å². The Balaban J connectivity index is 1.99. The van der Waals surface area contributed by atoms with Gasteiger partial charge in [0.25, 0.3) is 0 Å². The first-order chi connectivity index (χ1) is 11.5. The predicted molar refractivity (Wildman–Crippen MR) is 101 cm³/mol. The van der Waals surface area contributed by atoms with Crippen molar-refractivity contribution in [2.45, 2.75) is 13.5 Å². The Morgan fingerprint density at radius 3 is 2.54 bits per heavy atom. The largest absolute Gasteiger partial charge is 0.493 e. The van der Waals surface area contributed by atoms with Gasteiger partial charge in [-0.2, -0.15) is 0 Å². The van der Waals surface area contributed by atoms with Crippen LogP contribution in [0.15, 0.2) is 34.8 Å². The van der Waals surface area contributed by atoms with E-state index in [1.54, 1.807) is 7.11 Å². The topological polar surface area (TPSA) is 39.7 Å². The van der Waals surface area contributed by atoms with Crippen molar-refractivity contribution in [3.63, 3.8) is 0 Å². The Morgan fingerprint density at radius 2 is 1.88 bits per heavy atom. The summed E-state index contributed by atoms with van der Waals surface area (Å²) >= 11 is 9.50. The SMILES string of the molecule is CNCc1cc(Br)cc(OC)c1OCCOc1ccc(Cl)c(C)c1. The first kappa shape index (κ1) is 18.9. The number of hydrogen-bond donors (Lipinski definition) is 1. The van der Waals surface area contributed by atoms with Crippen LogP contribution in [0.5, 0.6) is 17.2 Å². The Labute approximate surface area is 156 Å². The molecule has 2 aromatic rings. The molecule has 2 aromatic carbocycles. The van der Waals surface area contributed by atoms with E-state index >= 15 is 0 Å². The first-order valence-corrected chi connectivity index (χ1v) is 8.75. The van der Waals surface area contributed by atoms with E-state index in [0.717, 1.165) is 32.1 Å². The number of rotatable bonds is 8. The van der Waals surface area contributed by atoms with E-state index in [1.807, 2.05) is 44.3 Å². The normalized spacial score (nSPS) is 10.5. The molecule has 6 heteroatoms.